The number of thiazole rings is 1. The molecular weight excluding hydrogens is 212 g/mol. The van der Waals surface area contributed by atoms with Gasteiger partial charge < -0.3 is 9.73 Å². The van der Waals surface area contributed by atoms with Crippen LogP contribution in [-0.4, -0.2) is 28.8 Å². The maximum absolute atomic E-state index is 5.47. The van der Waals surface area contributed by atoms with Crippen LogP contribution in [0.4, 0.5) is 0 Å². The second kappa shape index (κ2) is 4.99. The molecular formula is C9H12N4OS. The highest BCUT2D eigenvalue weighted by atomic mass is 32.1. The molecule has 1 N–H and O–H groups in total. The lowest BCUT2D eigenvalue weighted by Gasteiger charge is -1.93. The van der Waals surface area contributed by atoms with Crippen molar-refractivity contribution in [3.63, 3.8) is 0 Å². The van der Waals surface area contributed by atoms with Gasteiger partial charge in [-0.1, -0.05) is 0 Å². The quantitative estimate of drug-likeness (QED) is 0.776. The summed E-state index contributed by atoms with van der Waals surface area (Å²) in [6.45, 7) is 0.953. The van der Waals surface area contributed by atoms with Crippen LogP contribution in [-0.2, 0) is 6.42 Å². The average Bonchev–Trinajstić information content (AvgIpc) is 2.87. The summed E-state index contributed by atoms with van der Waals surface area (Å²) in [5.74, 6) is 1.18. The van der Waals surface area contributed by atoms with E-state index in [1.165, 1.54) is 11.3 Å². The van der Waals surface area contributed by atoms with Crippen LogP contribution in [0, 0.1) is 0 Å². The molecule has 6 heteroatoms. The summed E-state index contributed by atoms with van der Waals surface area (Å²) >= 11 is 1.52. The topological polar surface area (TPSA) is 63.8 Å². The molecule has 0 bridgehead atoms. The van der Waals surface area contributed by atoms with Gasteiger partial charge in [-0.3, -0.25) is 0 Å². The van der Waals surface area contributed by atoms with Gasteiger partial charge >= 0.3 is 0 Å². The fraction of sp³-hybridized carbons (Fsp3) is 0.444. The molecule has 0 saturated heterocycles. The highest BCUT2D eigenvalue weighted by molar-refractivity contribution is 7.07. The van der Waals surface area contributed by atoms with E-state index < -0.39 is 0 Å². The first-order valence-electron chi connectivity index (χ1n) is 4.75. The van der Waals surface area contributed by atoms with E-state index in [-0.39, 0.29) is 0 Å². The molecule has 0 aliphatic heterocycles. The summed E-state index contributed by atoms with van der Waals surface area (Å²) < 4.78 is 5.47. The van der Waals surface area contributed by atoms with Crippen LogP contribution in [0.1, 0.15) is 12.3 Å². The van der Waals surface area contributed by atoms with Gasteiger partial charge in [0.15, 0.2) is 0 Å². The third-order valence-electron chi connectivity index (χ3n) is 1.94. The third-order valence-corrected chi connectivity index (χ3v) is 2.52. The van der Waals surface area contributed by atoms with Gasteiger partial charge in [0.2, 0.25) is 5.89 Å². The van der Waals surface area contributed by atoms with Crippen molar-refractivity contribution in [1.29, 1.82) is 0 Å². The summed E-state index contributed by atoms with van der Waals surface area (Å²) in [6.07, 6.45) is 1.80. The Labute approximate surface area is 91.6 Å². The molecule has 0 aliphatic carbocycles. The Bertz CT molecular complexity index is 398. The number of aryl methyl sites for hydroxylation is 1. The summed E-state index contributed by atoms with van der Waals surface area (Å²) in [6, 6.07) is 0. The maximum atomic E-state index is 5.47. The van der Waals surface area contributed by atoms with Gasteiger partial charge in [0.05, 0.1) is 5.51 Å². The molecule has 0 fully saturated rings. The van der Waals surface area contributed by atoms with E-state index in [0.717, 1.165) is 25.1 Å². The zero-order valence-corrected chi connectivity index (χ0v) is 9.25. The highest BCUT2D eigenvalue weighted by Gasteiger charge is 2.09. The lowest BCUT2D eigenvalue weighted by molar-refractivity contribution is 0.493. The lowest BCUT2D eigenvalue weighted by Crippen LogP contribution is -2.08. The first-order valence-corrected chi connectivity index (χ1v) is 5.70. The second-order valence-corrected chi connectivity index (χ2v) is 3.80. The van der Waals surface area contributed by atoms with Crippen LogP contribution in [0.2, 0.25) is 0 Å². The number of hydrogen-bond donors (Lipinski definition) is 1. The summed E-state index contributed by atoms with van der Waals surface area (Å²) in [5, 5.41) is 12.9. The molecule has 0 aromatic carbocycles. The SMILES string of the molecule is CNCCCc1nnc(-c2cscn2)o1. The van der Waals surface area contributed by atoms with Crippen LogP contribution < -0.4 is 5.32 Å². The summed E-state index contributed by atoms with van der Waals surface area (Å²) in [7, 11) is 1.93. The molecule has 0 atom stereocenters. The van der Waals surface area contributed by atoms with E-state index in [4.69, 9.17) is 4.42 Å². The van der Waals surface area contributed by atoms with Crippen molar-refractivity contribution >= 4 is 11.3 Å². The highest BCUT2D eigenvalue weighted by Crippen LogP contribution is 2.17. The monoisotopic (exact) mass is 224 g/mol. The first-order chi connectivity index (χ1) is 7.40. The molecule has 0 amide bonds. The molecule has 0 saturated carbocycles. The maximum Gasteiger partial charge on any atom is 0.267 e. The molecule has 2 aromatic rings. The van der Waals surface area contributed by atoms with Gasteiger partial charge in [-0.25, -0.2) is 4.98 Å². The van der Waals surface area contributed by atoms with E-state index >= 15 is 0 Å². The number of rotatable bonds is 5. The van der Waals surface area contributed by atoms with Crippen molar-refractivity contribution in [3.05, 3.63) is 16.8 Å². The minimum absolute atomic E-state index is 0.510. The second-order valence-electron chi connectivity index (χ2n) is 3.08. The summed E-state index contributed by atoms with van der Waals surface area (Å²) in [5.41, 5.74) is 2.51. The zero-order chi connectivity index (χ0) is 10.5. The van der Waals surface area contributed by atoms with E-state index in [0.29, 0.717) is 11.8 Å². The fourth-order valence-corrected chi connectivity index (χ4v) is 1.72. The van der Waals surface area contributed by atoms with E-state index in [2.05, 4.69) is 20.5 Å². The van der Waals surface area contributed by atoms with Crippen LogP contribution in [0.15, 0.2) is 15.3 Å². The van der Waals surface area contributed by atoms with Gasteiger partial charge in [0, 0.05) is 11.8 Å². The van der Waals surface area contributed by atoms with Crippen molar-refractivity contribution < 1.29 is 4.42 Å². The standard InChI is InChI=1S/C9H12N4OS/c1-10-4-2-3-8-12-13-9(14-8)7-5-15-6-11-7/h5-6,10H,2-4H2,1H3. The van der Waals surface area contributed by atoms with Crippen LogP contribution in [0.5, 0.6) is 0 Å². The molecule has 0 unspecified atom stereocenters. The largest absolute Gasteiger partial charge is 0.419 e. The Kier molecular flexibility index (Phi) is 3.41. The molecule has 2 aromatic heterocycles. The van der Waals surface area contributed by atoms with Crippen molar-refractivity contribution in [3.8, 4) is 11.6 Å². The van der Waals surface area contributed by atoms with Gasteiger partial charge in [-0.15, -0.1) is 21.5 Å². The zero-order valence-electron chi connectivity index (χ0n) is 8.43. The minimum Gasteiger partial charge on any atom is -0.419 e. The predicted molar refractivity (Wildman–Crippen MR) is 57.7 cm³/mol. The Balaban J connectivity index is 1.98. The fourth-order valence-electron chi connectivity index (χ4n) is 1.19. The molecule has 2 rings (SSSR count). The molecule has 2 heterocycles. The number of hydrogen-bond acceptors (Lipinski definition) is 6. The van der Waals surface area contributed by atoms with Gasteiger partial charge in [-0.2, -0.15) is 0 Å². The molecule has 80 valence electrons. The normalized spacial score (nSPS) is 10.7. The smallest absolute Gasteiger partial charge is 0.267 e. The van der Waals surface area contributed by atoms with Crippen LogP contribution in [0.25, 0.3) is 11.6 Å². The van der Waals surface area contributed by atoms with E-state index in [1.807, 2.05) is 12.4 Å². The first kappa shape index (κ1) is 10.3. The molecule has 5 nitrogen and oxygen atoms in total. The molecule has 0 aliphatic rings. The van der Waals surface area contributed by atoms with Crippen LogP contribution in [0.3, 0.4) is 0 Å². The van der Waals surface area contributed by atoms with Gasteiger partial charge in [0.1, 0.15) is 5.69 Å². The van der Waals surface area contributed by atoms with E-state index in [1.54, 1.807) is 5.51 Å². The Morgan fingerprint density at radius 1 is 1.47 bits per heavy atom. The molecule has 0 spiro atoms. The van der Waals surface area contributed by atoms with E-state index in [9.17, 15) is 0 Å². The molecule has 0 radical (unpaired) electrons. The number of nitrogens with one attached hydrogen (secondary N) is 1. The van der Waals surface area contributed by atoms with Crippen LogP contribution >= 0.6 is 11.3 Å². The predicted octanol–water partition coefficient (Wildman–Crippen LogP) is 1.35. The van der Waals surface area contributed by atoms with Gasteiger partial charge in [-0.05, 0) is 20.0 Å². The Hall–Kier alpha value is -1.27. The van der Waals surface area contributed by atoms with Crippen molar-refractivity contribution in [2.24, 2.45) is 0 Å². The number of aromatic nitrogens is 3. The van der Waals surface area contributed by atoms with Crippen molar-refractivity contribution in [2.75, 3.05) is 13.6 Å². The minimum atomic E-state index is 0.510. The number of nitrogens with zero attached hydrogens (tertiary/aromatic N) is 3. The molecule has 15 heavy (non-hydrogen) atoms. The Morgan fingerprint density at radius 3 is 3.13 bits per heavy atom. The third kappa shape index (κ3) is 2.60. The average molecular weight is 224 g/mol. The van der Waals surface area contributed by atoms with Crippen molar-refractivity contribution in [1.82, 2.24) is 20.5 Å². The van der Waals surface area contributed by atoms with Crippen molar-refractivity contribution in [2.45, 2.75) is 12.8 Å². The summed E-state index contributed by atoms with van der Waals surface area (Å²) in [4.78, 5) is 4.11. The Morgan fingerprint density at radius 2 is 2.40 bits per heavy atom. The van der Waals surface area contributed by atoms with Gasteiger partial charge in [0.25, 0.3) is 5.89 Å². The lowest BCUT2D eigenvalue weighted by atomic mass is 10.3.